The number of benzene rings is 1. The lowest BCUT2D eigenvalue weighted by atomic mass is 9.99. The van der Waals surface area contributed by atoms with Crippen LogP contribution in [0.4, 0.5) is 0 Å². The highest BCUT2D eigenvalue weighted by Gasteiger charge is 2.23. The Morgan fingerprint density at radius 2 is 1.80 bits per heavy atom. The molecule has 0 aliphatic rings. The van der Waals surface area contributed by atoms with E-state index >= 15 is 0 Å². The van der Waals surface area contributed by atoms with Crippen LogP contribution in [0, 0.1) is 0 Å². The molecule has 0 unspecified atom stereocenters. The molecule has 20 heavy (non-hydrogen) atoms. The zero-order valence-electron chi connectivity index (χ0n) is 12.7. The second-order valence-corrected chi connectivity index (χ2v) is 5.00. The molecule has 0 heterocycles. The van der Waals surface area contributed by atoms with Crippen LogP contribution in [0.5, 0.6) is 11.5 Å². The van der Waals surface area contributed by atoms with Crippen LogP contribution in [0.2, 0.25) is 0 Å². The summed E-state index contributed by atoms with van der Waals surface area (Å²) in [6.45, 7) is 6.67. The lowest BCUT2D eigenvalue weighted by Crippen LogP contribution is -2.34. The summed E-state index contributed by atoms with van der Waals surface area (Å²) in [6, 6.07) is 5.38. The van der Waals surface area contributed by atoms with Crippen molar-refractivity contribution >= 4 is 0 Å². The zero-order valence-corrected chi connectivity index (χ0v) is 12.7. The first-order valence-electron chi connectivity index (χ1n) is 7.30. The molecule has 0 amide bonds. The highest BCUT2D eigenvalue weighted by atomic mass is 16.5. The van der Waals surface area contributed by atoms with Gasteiger partial charge < -0.3 is 19.7 Å². The summed E-state index contributed by atoms with van der Waals surface area (Å²) >= 11 is 0. The van der Waals surface area contributed by atoms with E-state index in [1.54, 1.807) is 12.1 Å². The topological polar surface area (TPSA) is 58.9 Å². The van der Waals surface area contributed by atoms with Crippen molar-refractivity contribution in [3.63, 3.8) is 0 Å². The number of hydrogen-bond donors (Lipinski definition) is 2. The second kappa shape index (κ2) is 8.12. The van der Waals surface area contributed by atoms with Gasteiger partial charge in [-0.15, -0.1) is 0 Å². The third kappa shape index (κ3) is 4.69. The SMILES string of the molecule is CCCOc1ccc(CO)c(OCC(O)(CC)CC)c1. The van der Waals surface area contributed by atoms with Crippen molar-refractivity contribution in [2.24, 2.45) is 0 Å². The van der Waals surface area contributed by atoms with E-state index in [0.717, 1.165) is 12.2 Å². The van der Waals surface area contributed by atoms with Gasteiger partial charge in [-0.05, 0) is 31.4 Å². The molecule has 4 heteroatoms. The maximum atomic E-state index is 10.2. The third-order valence-electron chi connectivity index (χ3n) is 3.49. The molecule has 1 rings (SSSR count). The van der Waals surface area contributed by atoms with Gasteiger partial charge in [-0.2, -0.15) is 0 Å². The average molecular weight is 282 g/mol. The van der Waals surface area contributed by atoms with Crippen LogP contribution in [0.15, 0.2) is 18.2 Å². The highest BCUT2D eigenvalue weighted by Crippen LogP contribution is 2.27. The van der Waals surface area contributed by atoms with Crippen LogP contribution >= 0.6 is 0 Å². The van der Waals surface area contributed by atoms with Gasteiger partial charge in [0, 0.05) is 11.6 Å². The van der Waals surface area contributed by atoms with Crippen molar-refractivity contribution in [2.75, 3.05) is 13.2 Å². The molecule has 4 nitrogen and oxygen atoms in total. The first kappa shape index (κ1) is 16.8. The van der Waals surface area contributed by atoms with Crippen LogP contribution in [0.3, 0.4) is 0 Å². The molecular weight excluding hydrogens is 256 g/mol. The minimum Gasteiger partial charge on any atom is -0.493 e. The van der Waals surface area contributed by atoms with Gasteiger partial charge in [0.15, 0.2) is 0 Å². The summed E-state index contributed by atoms with van der Waals surface area (Å²) < 4.78 is 11.3. The quantitative estimate of drug-likeness (QED) is 0.731. The smallest absolute Gasteiger partial charge is 0.128 e. The van der Waals surface area contributed by atoms with Crippen LogP contribution in [-0.4, -0.2) is 29.0 Å². The molecular formula is C16H26O4. The monoisotopic (exact) mass is 282 g/mol. The number of rotatable bonds is 9. The molecule has 1 aromatic rings. The van der Waals surface area contributed by atoms with Gasteiger partial charge in [0.25, 0.3) is 0 Å². The Morgan fingerprint density at radius 3 is 2.35 bits per heavy atom. The largest absolute Gasteiger partial charge is 0.493 e. The standard InChI is InChI=1S/C16H26O4/c1-4-9-19-14-8-7-13(11-17)15(10-14)20-12-16(18,5-2)6-3/h7-8,10,17-18H,4-6,9,11-12H2,1-3H3. The van der Waals surface area contributed by atoms with E-state index in [-0.39, 0.29) is 13.2 Å². The summed E-state index contributed by atoms with van der Waals surface area (Å²) in [7, 11) is 0. The predicted molar refractivity (Wildman–Crippen MR) is 79.2 cm³/mol. The molecule has 0 saturated heterocycles. The van der Waals surface area contributed by atoms with Crippen molar-refractivity contribution in [1.29, 1.82) is 0 Å². The van der Waals surface area contributed by atoms with Crippen molar-refractivity contribution in [3.05, 3.63) is 23.8 Å². The molecule has 0 aromatic heterocycles. The van der Waals surface area contributed by atoms with Gasteiger partial charge in [-0.25, -0.2) is 0 Å². The number of ether oxygens (including phenoxy) is 2. The van der Waals surface area contributed by atoms with E-state index in [9.17, 15) is 10.2 Å². The van der Waals surface area contributed by atoms with E-state index in [1.807, 2.05) is 26.8 Å². The lowest BCUT2D eigenvalue weighted by Gasteiger charge is -2.25. The summed E-state index contributed by atoms with van der Waals surface area (Å²) in [4.78, 5) is 0. The second-order valence-electron chi connectivity index (χ2n) is 5.00. The van der Waals surface area contributed by atoms with Gasteiger partial charge in [0.1, 0.15) is 18.1 Å². The summed E-state index contributed by atoms with van der Waals surface area (Å²) in [5.74, 6) is 1.29. The van der Waals surface area contributed by atoms with Gasteiger partial charge in [-0.3, -0.25) is 0 Å². The number of aliphatic hydroxyl groups is 2. The van der Waals surface area contributed by atoms with Gasteiger partial charge in [-0.1, -0.05) is 20.8 Å². The minimum absolute atomic E-state index is 0.0972. The Bertz CT molecular complexity index is 399. The van der Waals surface area contributed by atoms with E-state index in [4.69, 9.17) is 9.47 Å². The Hall–Kier alpha value is -1.26. The molecule has 0 radical (unpaired) electrons. The molecule has 1 aromatic carbocycles. The summed E-state index contributed by atoms with van der Waals surface area (Å²) in [6.07, 6.45) is 2.19. The van der Waals surface area contributed by atoms with E-state index in [1.165, 1.54) is 0 Å². The third-order valence-corrected chi connectivity index (χ3v) is 3.49. The van der Waals surface area contributed by atoms with Gasteiger partial charge in [0.05, 0.1) is 18.8 Å². The first-order valence-corrected chi connectivity index (χ1v) is 7.30. The number of aliphatic hydroxyl groups excluding tert-OH is 1. The maximum absolute atomic E-state index is 10.2. The molecule has 0 aliphatic carbocycles. The van der Waals surface area contributed by atoms with Crippen LogP contribution in [-0.2, 0) is 6.61 Å². The Kier molecular flexibility index (Phi) is 6.82. The van der Waals surface area contributed by atoms with Crippen LogP contribution in [0.25, 0.3) is 0 Å². The summed E-state index contributed by atoms with van der Waals surface area (Å²) in [5.41, 5.74) is -0.129. The predicted octanol–water partition coefficient (Wildman–Crippen LogP) is 2.90. The molecule has 114 valence electrons. The maximum Gasteiger partial charge on any atom is 0.128 e. The first-order chi connectivity index (χ1) is 9.58. The highest BCUT2D eigenvalue weighted by molar-refractivity contribution is 5.40. The van der Waals surface area contributed by atoms with E-state index in [0.29, 0.717) is 30.8 Å². The lowest BCUT2D eigenvalue weighted by molar-refractivity contribution is -0.0119. The normalized spacial score (nSPS) is 11.4. The van der Waals surface area contributed by atoms with Crippen molar-refractivity contribution < 1.29 is 19.7 Å². The van der Waals surface area contributed by atoms with Crippen molar-refractivity contribution in [1.82, 2.24) is 0 Å². The summed E-state index contributed by atoms with van der Waals surface area (Å²) in [5, 5.41) is 19.6. The average Bonchev–Trinajstić information content (AvgIpc) is 2.50. The molecule has 2 N–H and O–H groups in total. The molecule has 0 bridgehead atoms. The van der Waals surface area contributed by atoms with Gasteiger partial charge in [0.2, 0.25) is 0 Å². The zero-order chi connectivity index (χ0) is 15.0. The molecule has 0 saturated carbocycles. The fourth-order valence-corrected chi connectivity index (χ4v) is 1.78. The Morgan fingerprint density at radius 1 is 1.10 bits per heavy atom. The van der Waals surface area contributed by atoms with Crippen LogP contribution in [0.1, 0.15) is 45.6 Å². The van der Waals surface area contributed by atoms with Crippen molar-refractivity contribution in [2.45, 2.75) is 52.2 Å². The molecule has 0 atom stereocenters. The fraction of sp³-hybridized carbons (Fsp3) is 0.625. The molecule has 0 spiro atoms. The number of hydrogen-bond acceptors (Lipinski definition) is 4. The molecule has 0 fully saturated rings. The van der Waals surface area contributed by atoms with Crippen molar-refractivity contribution in [3.8, 4) is 11.5 Å². The minimum atomic E-state index is -0.826. The van der Waals surface area contributed by atoms with E-state index < -0.39 is 5.60 Å². The Balaban J connectivity index is 2.80. The fourth-order valence-electron chi connectivity index (χ4n) is 1.78. The van der Waals surface area contributed by atoms with Crippen LogP contribution < -0.4 is 9.47 Å². The molecule has 0 aliphatic heterocycles. The Labute approximate surface area is 121 Å². The van der Waals surface area contributed by atoms with E-state index in [2.05, 4.69) is 0 Å². The van der Waals surface area contributed by atoms with Gasteiger partial charge >= 0.3 is 0 Å².